The van der Waals surface area contributed by atoms with Gasteiger partial charge in [0.2, 0.25) is 10.0 Å². The van der Waals surface area contributed by atoms with Crippen molar-refractivity contribution in [2.75, 3.05) is 24.2 Å². The summed E-state index contributed by atoms with van der Waals surface area (Å²) in [5.74, 6) is 0.974. The quantitative estimate of drug-likeness (QED) is 0.745. The van der Waals surface area contributed by atoms with Crippen molar-refractivity contribution in [3.63, 3.8) is 0 Å². The Bertz CT molecular complexity index is 290. The Balaban J connectivity index is 2.62. The van der Waals surface area contributed by atoms with E-state index in [4.69, 9.17) is 0 Å². The van der Waals surface area contributed by atoms with Gasteiger partial charge in [0.05, 0.1) is 5.75 Å². The molecule has 0 aromatic heterocycles. The minimum absolute atomic E-state index is 0.208. The van der Waals surface area contributed by atoms with E-state index in [1.165, 1.54) is 0 Å². The second-order valence-corrected chi connectivity index (χ2v) is 7.35. The Morgan fingerprint density at radius 2 is 2.13 bits per heavy atom. The number of sulfonamides is 1. The zero-order chi connectivity index (χ0) is 11.5. The van der Waals surface area contributed by atoms with E-state index in [1.54, 1.807) is 4.31 Å². The van der Waals surface area contributed by atoms with Gasteiger partial charge in [-0.05, 0) is 24.7 Å². The van der Waals surface area contributed by atoms with Gasteiger partial charge in [-0.2, -0.15) is 0 Å². The predicted octanol–water partition coefficient (Wildman–Crippen LogP) is 2.08. The second-order valence-electron chi connectivity index (χ2n) is 4.69. The number of nitrogens with zero attached hydrogens (tertiary/aromatic N) is 1. The molecule has 1 heterocycles. The maximum Gasteiger partial charge on any atom is 0.214 e. The summed E-state index contributed by atoms with van der Waals surface area (Å²) in [6.45, 7) is 5.30. The fraction of sp³-hybridized carbons (Fsp3) is 1.00. The highest BCUT2D eigenvalue weighted by Crippen LogP contribution is 2.21. The van der Waals surface area contributed by atoms with E-state index >= 15 is 0 Å². The van der Waals surface area contributed by atoms with Crippen molar-refractivity contribution in [3.8, 4) is 0 Å². The van der Waals surface area contributed by atoms with Crippen LogP contribution < -0.4 is 0 Å². The van der Waals surface area contributed by atoms with Gasteiger partial charge in [-0.1, -0.05) is 29.8 Å². The van der Waals surface area contributed by atoms with Crippen molar-refractivity contribution in [2.24, 2.45) is 11.8 Å². The minimum Gasteiger partial charge on any atom is -0.212 e. The van der Waals surface area contributed by atoms with Crippen molar-refractivity contribution < 1.29 is 8.42 Å². The van der Waals surface area contributed by atoms with E-state index < -0.39 is 10.0 Å². The molecule has 0 aromatic rings. The first-order valence-electron chi connectivity index (χ1n) is 5.49. The lowest BCUT2D eigenvalue weighted by atomic mass is 10.0. The Morgan fingerprint density at radius 1 is 1.47 bits per heavy atom. The normalized spacial score (nSPS) is 24.7. The van der Waals surface area contributed by atoms with Gasteiger partial charge in [0.25, 0.3) is 0 Å². The molecule has 1 atom stereocenters. The molecule has 90 valence electrons. The molecule has 0 bridgehead atoms. The highest BCUT2D eigenvalue weighted by atomic mass is 79.9. The molecule has 1 aliphatic rings. The largest absolute Gasteiger partial charge is 0.214 e. The fourth-order valence-electron chi connectivity index (χ4n) is 1.93. The number of halogens is 1. The predicted molar refractivity (Wildman–Crippen MR) is 66.7 cm³/mol. The summed E-state index contributed by atoms with van der Waals surface area (Å²) < 4.78 is 25.6. The molecule has 0 spiro atoms. The molecule has 1 saturated heterocycles. The summed E-state index contributed by atoms with van der Waals surface area (Å²) in [5, 5.41) is 0.903. The number of piperidine rings is 1. The summed E-state index contributed by atoms with van der Waals surface area (Å²) in [6.07, 6.45) is 2.13. The summed E-state index contributed by atoms with van der Waals surface area (Å²) >= 11 is 3.43. The smallest absolute Gasteiger partial charge is 0.212 e. The Morgan fingerprint density at radius 3 is 2.67 bits per heavy atom. The molecule has 1 rings (SSSR count). The standard InChI is InChI=1S/C10H20BrNO2S/c1-9(2)8-15(13,14)12-5-3-4-10(6-11)7-12/h9-10H,3-8H2,1-2H3. The maximum atomic E-state index is 12.0. The Labute approximate surface area is 101 Å². The van der Waals surface area contributed by atoms with Crippen molar-refractivity contribution in [3.05, 3.63) is 0 Å². The molecule has 0 radical (unpaired) electrons. The van der Waals surface area contributed by atoms with Crippen LogP contribution in [0.1, 0.15) is 26.7 Å². The van der Waals surface area contributed by atoms with Crippen LogP contribution in [0.4, 0.5) is 0 Å². The zero-order valence-corrected chi connectivity index (χ0v) is 11.8. The lowest BCUT2D eigenvalue weighted by Crippen LogP contribution is -2.42. The summed E-state index contributed by atoms with van der Waals surface area (Å²) in [7, 11) is -3.01. The van der Waals surface area contributed by atoms with Crippen LogP contribution in [-0.4, -0.2) is 36.9 Å². The molecule has 0 N–H and O–H groups in total. The van der Waals surface area contributed by atoms with Gasteiger partial charge in [0.1, 0.15) is 0 Å². The van der Waals surface area contributed by atoms with Gasteiger partial charge in [0.15, 0.2) is 0 Å². The topological polar surface area (TPSA) is 37.4 Å². The van der Waals surface area contributed by atoms with E-state index in [1.807, 2.05) is 13.8 Å². The molecule has 5 heteroatoms. The van der Waals surface area contributed by atoms with Crippen LogP contribution in [0.2, 0.25) is 0 Å². The van der Waals surface area contributed by atoms with Crippen LogP contribution in [-0.2, 0) is 10.0 Å². The first kappa shape index (κ1) is 13.5. The van der Waals surface area contributed by atoms with Crippen molar-refractivity contribution in [1.82, 2.24) is 4.31 Å². The van der Waals surface area contributed by atoms with Crippen LogP contribution in [0.3, 0.4) is 0 Å². The van der Waals surface area contributed by atoms with Crippen molar-refractivity contribution in [2.45, 2.75) is 26.7 Å². The molecule has 3 nitrogen and oxygen atoms in total. The third kappa shape index (κ3) is 4.04. The minimum atomic E-state index is -3.01. The average molecular weight is 298 g/mol. The van der Waals surface area contributed by atoms with Gasteiger partial charge in [-0.15, -0.1) is 0 Å². The number of hydrogen-bond donors (Lipinski definition) is 0. The summed E-state index contributed by atoms with van der Waals surface area (Å²) in [5.41, 5.74) is 0. The van der Waals surface area contributed by atoms with Crippen LogP contribution in [0, 0.1) is 11.8 Å². The molecule has 0 aromatic carbocycles. The second kappa shape index (κ2) is 5.64. The Kier molecular flexibility index (Phi) is 5.06. The lowest BCUT2D eigenvalue weighted by molar-refractivity contribution is 0.284. The van der Waals surface area contributed by atoms with Crippen LogP contribution >= 0.6 is 15.9 Å². The molecule has 0 saturated carbocycles. The van der Waals surface area contributed by atoms with E-state index in [9.17, 15) is 8.42 Å². The van der Waals surface area contributed by atoms with Gasteiger partial charge < -0.3 is 0 Å². The molecule has 1 fully saturated rings. The number of rotatable bonds is 4. The molecule has 0 amide bonds. The molecule has 0 aliphatic carbocycles. The van der Waals surface area contributed by atoms with Crippen LogP contribution in [0.5, 0.6) is 0 Å². The summed E-state index contributed by atoms with van der Waals surface area (Å²) in [4.78, 5) is 0. The third-order valence-corrected chi connectivity index (χ3v) is 5.76. The summed E-state index contributed by atoms with van der Waals surface area (Å²) in [6, 6.07) is 0. The molecule has 15 heavy (non-hydrogen) atoms. The van der Waals surface area contributed by atoms with E-state index in [0.717, 1.165) is 18.2 Å². The lowest BCUT2D eigenvalue weighted by Gasteiger charge is -2.31. The highest BCUT2D eigenvalue weighted by Gasteiger charge is 2.28. The number of alkyl halides is 1. The van der Waals surface area contributed by atoms with Crippen LogP contribution in [0.25, 0.3) is 0 Å². The third-order valence-electron chi connectivity index (χ3n) is 2.64. The molecule has 1 aliphatic heterocycles. The van der Waals surface area contributed by atoms with Crippen molar-refractivity contribution >= 4 is 26.0 Å². The van der Waals surface area contributed by atoms with Gasteiger partial charge in [-0.25, -0.2) is 12.7 Å². The first-order chi connectivity index (χ1) is 6.95. The SMILES string of the molecule is CC(C)CS(=O)(=O)N1CCCC(CBr)C1. The van der Waals surface area contributed by atoms with Gasteiger partial charge >= 0.3 is 0 Å². The average Bonchev–Trinajstić information content (AvgIpc) is 2.16. The van der Waals surface area contributed by atoms with Crippen LogP contribution in [0.15, 0.2) is 0 Å². The zero-order valence-electron chi connectivity index (χ0n) is 9.45. The van der Waals surface area contributed by atoms with E-state index in [0.29, 0.717) is 19.0 Å². The van der Waals surface area contributed by atoms with E-state index in [2.05, 4.69) is 15.9 Å². The van der Waals surface area contributed by atoms with E-state index in [-0.39, 0.29) is 11.7 Å². The number of hydrogen-bond acceptors (Lipinski definition) is 2. The maximum absolute atomic E-state index is 12.0. The molecular weight excluding hydrogens is 278 g/mol. The monoisotopic (exact) mass is 297 g/mol. The Hall–Kier alpha value is 0.390. The van der Waals surface area contributed by atoms with Gasteiger partial charge in [0, 0.05) is 18.4 Å². The molecule has 1 unspecified atom stereocenters. The highest BCUT2D eigenvalue weighted by molar-refractivity contribution is 9.09. The fourth-order valence-corrected chi connectivity index (χ4v) is 4.36. The van der Waals surface area contributed by atoms with Gasteiger partial charge in [-0.3, -0.25) is 0 Å². The molecular formula is C10H20BrNO2S. The van der Waals surface area contributed by atoms with Crippen molar-refractivity contribution in [1.29, 1.82) is 0 Å². The first-order valence-corrected chi connectivity index (χ1v) is 8.22.